The number of carboxylic acid groups (broad SMARTS) is 1. The summed E-state index contributed by atoms with van der Waals surface area (Å²) in [5.41, 5.74) is 0.502. The fourth-order valence-electron chi connectivity index (χ4n) is 2.09. The Morgan fingerprint density at radius 1 is 1.39 bits per heavy atom. The summed E-state index contributed by atoms with van der Waals surface area (Å²) in [5, 5.41) is 31.2. The monoisotopic (exact) mass is 251 g/mol. The highest BCUT2D eigenvalue weighted by molar-refractivity contribution is 5.74. The van der Waals surface area contributed by atoms with Crippen molar-refractivity contribution in [1.29, 1.82) is 0 Å². The SMILES string of the molecule is CC(NC(C(=O)O)C1CC1)c1cc(O)ccc1O. The molecule has 5 heteroatoms. The van der Waals surface area contributed by atoms with E-state index in [-0.39, 0.29) is 23.5 Å². The Kier molecular flexibility index (Phi) is 3.43. The molecule has 0 spiro atoms. The lowest BCUT2D eigenvalue weighted by Gasteiger charge is -2.21. The van der Waals surface area contributed by atoms with Gasteiger partial charge in [0.05, 0.1) is 0 Å². The van der Waals surface area contributed by atoms with Gasteiger partial charge in [-0.15, -0.1) is 0 Å². The molecule has 1 aliphatic carbocycles. The molecule has 0 bridgehead atoms. The minimum Gasteiger partial charge on any atom is -0.508 e. The number of benzene rings is 1. The number of aromatic hydroxyl groups is 2. The molecule has 18 heavy (non-hydrogen) atoms. The van der Waals surface area contributed by atoms with E-state index >= 15 is 0 Å². The number of phenols is 2. The number of hydrogen-bond acceptors (Lipinski definition) is 4. The van der Waals surface area contributed by atoms with Gasteiger partial charge in [-0.2, -0.15) is 0 Å². The lowest BCUT2D eigenvalue weighted by Crippen LogP contribution is -2.40. The lowest BCUT2D eigenvalue weighted by atomic mass is 10.0. The van der Waals surface area contributed by atoms with Gasteiger partial charge in [0.2, 0.25) is 0 Å². The van der Waals surface area contributed by atoms with Gasteiger partial charge in [0.25, 0.3) is 0 Å². The maximum Gasteiger partial charge on any atom is 0.320 e. The number of rotatable bonds is 5. The number of hydrogen-bond donors (Lipinski definition) is 4. The highest BCUT2D eigenvalue weighted by Gasteiger charge is 2.37. The van der Waals surface area contributed by atoms with E-state index in [4.69, 9.17) is 5.11 Å². The van der Waals surface area contributed by atoms with Crippen molar-refractivity contribution >= 4 is 5.97 Å². The van der Waals surface area contributed by atoms with Gasteiger partial charge in [-0.3, -0.25) is 10.1 Å². The average Bonchev–Trinajstić information content (AvgIpc) is 3.12. The van der Waals surface area contributed by atoms with E-state index in [9.17, 15) is 15.0 Å². The summed E-state index contributed by atoms with van der Waals surface area (Å²) in [4.78, 5) is 11.1. The maximum atomic E-state index is 11.1. The van der Waals surface area contributed by atoms with Crippen molar-refractivity contribution < 1.29 is 20.1 Å². The summed E-state index contributed by atoms with van der Waals surface area (Å²) in [6, 6.07) is 3.30. The molecule has 0 radical (unpaired) electrons. The van der Waals surface area contributed by atoms with E-state index in [2.05, 4.69) is 5.32 Å². The van der Waals surface area contributed by atoms with Crippen molar-refractivity contribution in [2.45, 2.75) is 31.8 Å². The fraction of sp³-hybridized carbons (Fsp3) is 0.462. The highest BCUT2D eigenvalue weighted by atomic mass is 16.4. The molecular formula is C13H17NO4. The molecule has 98 valence electrons. The largest absolute Gasteiger partial charge is 0.508 e. The molecule has 0 aliphatic heterocycles. The minimum atomic E-state index is -0.871. The normalized spacial score (nSPS) is 18.3. The first kappa shape index (κ1) is 12.7. The Balaban J connectivity index is 2.12. The van der Waals surface area contributed by atoms with E-state index in [0.29, 0.717) is 5.56 Å². The van der Waals surface area contributed by atoms with Crippen LogP contribution in [0.1, 0.15) is 31.4 Å². The van der Waals surface area contributed by atoms with Crippen LogP contribution in [0.15, 0.2) is 18.2 Å². The van der Waals surface area contributed by atoms with Crippen molar-refractivity contribution in [1.82, 2.24) is 5.32 Å². The molecule has 1 saturated carbocycles. The van der Waals surface area contributed by atoms with Crippen molar-refractivity contribution in [2.24, 2.45) is 5.92 Å². The van der Waals surface area contributed by atoms with E-state index < -0.39 is 12.0 Å². The van der Waals surface area contributed by atoms with Gasteiger partial charge in [-0.1, -0.05) is 0 Å². The van der Waals surface area contributed by atoms with Gasteiger partial charge in [0.1, 0.15) is 17.5 Å². The minimum absolute atomic E-state index is 0.0488. The topological polar surface area (TPSA) is 89.8 Å². The molecule has 1 fully saturated rings. The van der Waals surface area contributed by atoms with Crippen LogP contribution in [0.2, 0.25) is 0 Å². The first-order chi connectivity index (χ1) is 8.49. The maximum absolute atomic E-state index is 11.1. The summed E-state index contributed by atoms with van der Waals surface area (Å²) in [6.07, 6.45) is 1.84. The van der Waals surface area contributed by atoms with Crippen molar-refractivity contribution in [3.63, 3.8) is 0 Å². The van der Waals surface area contributed by atoms with Crippen LogP contribution in [-0.2, 0) is 4.79 Å². The van der Waals surface area contributed by atoms with Crippen LogP contribution in [-0.4, -0.2) is 27.3 Å². The summed E-state index contributed by atoms with van der Waals surface area (Å²) in [6.45, 7) is 1.77. The molecular weight excluding hydrogens is 234 g/mol. The Bertz CT molecular complexity index is 456. The Hall–Kier alpha value is -1.75. The van der Waals surface area contributed by atoms with Gasteiger partial charge in [-0.05, 0) is 43.9 Å². The highest BCUT2D eigenvalue weighted by Crippen LogP contribution is 2.35. The Morgan fingerprint density at radius 3 is 2.61 bits per heavy atom. The molecule has 2 atom stereocenters. The predicted octanol–water partition coefficient (Wildman–Crippen LogP) is 1.61. The van der Waals surface area contributed by atoms with Crippen LogP contribution >= 0.6 is 0 Å². The van der Waals surface area contributed by atoms with E-state index in [0.717, 1.165) is 12.8 Å². The molecule has 4 N–H and O–H groups in total. The summed E-state index contributed by atoms with van der Waals surface area (Å²) >= 11 is 0. The Morgan fingerprint density at radius 2 is 2.06 bits per heavy atom. The number of carboxylic acids is 1. The molecule has 2 unspecified atom stereocenters. The van der Waals surface area contributed by atoms with Gasteiger partial charge in [0, 0.05) is 11.6 Å². The second kappa shape index (κ2) is 4.86. The smallest absolute Gasteiger partial charge is 0.320 e. The van der Waals surface area contributed by atoms with Crippen LogP contribution < -0.4 is 5.32 Å². The summed E-state index contributed by atoms with van der Waals surface area (Å²) < 4.78 is 0. The Labute approximate surface area is 105 Å². The third kappa shape index (κ3) is 2.73. The van der Waals surface area contributed by atoms with Crippen molar-refractivity contribution in [3.05, 3.63) is 23.8 Å². The first-order valence-corrected chi connectivity index (χ1v) is 5.99. The van der Waals surface area contributed by atoms with E-state index in [1.54, 1.807) is 6.92 Å². The number of carbonyl (C=O) groups is 1. The van der Waals surface area contributed by atoms with Crippen molar-refractivity contribution in [3.8, 4) is 11.5 Å². The van der Waals surface area contributed by atoms with Gasteiger partial charge >= 0.3 is 5.97 Å². The van der Waals surface area contributed by atoms with Crippen LogP contribution in [0.3, 0.4) is 0 Å². The van der Waals surface area contributed by atoms with Gasteiger partial charge in [0.15, 0.2) is 0 Å². The van der Waals surface area contributed by atoms with Crippen LogP contribution in [0.4, 0.5) is 0 Å². The van der Waals surface area contributed by atoms with Gasteiger partial charge in [-0.25, -0.2) is 0 Å². The molecule has 0 heterocycles. The molecule has 2 rings (SSSR count). The third-order valence-corrected chi connectivity index (χ3v) is 3.27. The third-order valence-electron chi connectivity index (χ3n) is 3.27. The fourth-order valence-corrected chi connectivity index (χ4v) is 2.09. The second-order valence-electron chi connectivity index (χ2n) is 4.78. The molecule has 5 nitrogen and oxygen atoms in total. The second-order valence-corrected chi connectivity index (χ2v) is 4.78. The molecule has 1 aromatic carbocycles. The van der Waals surface area contributed by atoms with Gasteiger partial charge < -0.3 is 15.3 Å². The van der Waals surface area contributed by atoms with Crippen LogP contribution in [0, 0.1) is 5.92 Å². The number of phenolic OH excluding ortho intramolecular Hbond substituents is 2. The number of nitrogens with one attached hydrogen (secondary N) is 1. The zero-order valence-corrected chi connectivity index (χ0v) is 10.1. The quantitative estimate of drug-likeness (QED) is 0.597. The zero-order valence-electron chi connectivity index (χ0n) is 10.1. The molecule has 0 saturated heterocycles. The molecule has 1 aliphatic rings. The summed E-state index contributed by atoms with van der Waals surface area (Å²) in [7, 11) is 0. The van der Waals surface area contributed by atoms with E-state index in [1.165, 1.54) is 18.2 Å². The van der Waals surface area contributed by atoms with Crippen molar-refractivity contribution in [2.75, 3.05) is 0 Å². The standard InChI is InChI=1S/C13H17NO4/c1-7(10-6-9(15)4-5-11(10)16)14-12(13(17)18)8-2-3-8/h4-8,12,14-16H,2-3H2,1H3,(H,17,18). The van der Waals surface area contributed by atoms with Crippen LogP contribution in [0.25, 0.3) is 0 Å². The van der Waals surface area contributed by atoms with Crippen LogP contribution in [0.5, 0.6) is 11.5 Å². The molecule has 0 amide bonds. The lowest BCUT2D eigenvalue weighted by molar-refractivity contribution is -0.140. The average molecular weight is 251 g/mol. The van der Waals surface area contributed by atoms with E-state index in [1.807, 2.05) is 0 Å². The number of aliphatic carboxylic acids is 1. The first-order valence-electron chi connectivity index (χ1n) is 5.99. The zero-order chi connectivity index (χ0) is 13.3. The predicted molar refractivity (Wildman–Crippen MR) is 65.5 cm³/mol. The molecule has 0 aromatic heterocycles. The summed E-state index contributed by atoms with van der Waals surface area (Å²) in [5.74, 6) is -0.601. The molecule has 1 aromatic rings.